The highest BCUT2D eigenvalue weighted by Gasteiger charge is 2.26. The maximum absolute atomic E-state index is 13.2. The van der Waals surface area contributed by atoms with Crippen molar-refractivity contribution in [2.45, 2.75) is 57.0 Å². The Morgan fingerprint density at radius 1 is 1.03 bits per heavy atom. The van der Waals surface area contributed by atoms with Crippen LogP contribution in [0.1, 0.15) is 51.1 Å². The molecule has 0 aliphatic carbocycles. The number of hydrogen-bond acceptors (Lipinski definition) is 4. The summed E-state index contributed by atoms with van der Waals surface area (Å²) < 4.78 is 35.3. The Labute approximate surface area is 201 Å². The van der Waals surface area contributed by atoms with Gasteiger partial charge < -0.3 is 14.6 Å². The topological polar surface area (TPSA) is 80.6 Å². The number of hydrogen-bond donors (Lipinski definition) is 1. The molecule has 0 bridgehead atoms. The van der Waals surface area contributed by atoms with Crippen molar-refractivity contribution in [3.05, 3.63) is 60.3 Å². The van der Waals surface area contributed by atoms with Gasteiger partial charge in [-0.1, -0.05) is 25.0 Å². The zero-order valence-corrected chi connectivity index (χ0v) is 20.7. The number of aromatic nitrogens is 1. The number of carbonyl (C=O) groups excluding carboxylic acids is 1. The molecule has 2 heterocycles. The van der Waals surface area contributed by atoms with Crippen molar-refractivity contribution in [3.8, 4) is 5.75 Å². The van der Waals surface area contributed by atoms with Crippen LogP contribution in [0, 0.1) is 0 Å². The molecule has 7 nitrogen and oxygen atoms in total. The van der Waals surface area contributed by atoms with Crippen molar-refractivity contribution < 1.29 is 17.9 Å². The quantitative estimate of drug-likeness (QED) is 0.512. The summed E-state index contributed by atoms with van der Waals surface area (Å²) in [6.07, 6.45) is 5.80. The van der Waals surface area contributed by atoms with E-state index in [1.54, 1.807) is 22.5 Å². The van der Waals surface area contributed by atoms with Crippen molar-refractivity contribution in [3.63, 3.8) is 0 Å². The van der Waals surface area contributed by atoms with Crippen LogP contribution < -0.4 is 10.1 Å². The Bertz CT molecular complexity index is 1230. The number of nitrogens with one attached hydrogen (secondary N) is 1. The van der Waals surface area contributed by atoms with Gasteiger partial charge in [0.15, 0.2) is 0 Å². The van der Waals surface area contributed by atoms with Gasteiger partial charge in [-0.25, -0.2) is 8.42 Å². The third-order valence-electron chi connectivity index (χ3n) is 6.39. The van der Waals surface area contributed by atoms with Crippen molar-refractivity contribution in [2.75, 3.05) is 19.7 Å². The summed E-state index contributed by atoms with van der Waals surface area (Å²) in [6.45, 7) is 5.97. The molecule has 1 aromatic heterocycles. The van der Waals surface area contributed by atoms with E-state index in [9.17, 15) is 13.2 Å². The molecule has 8 heteroatoms. The molecule has 1 saturated heterocycles. The highest BCUT2D eigenvalue weighted by atomic mass is 32.2. The molecule has 1 amide bonds. The first-order valence-corrected chi connectivity index (χ1v) is 13.4. The lowest BCUT2D eigenvalue weighted by Crippen LogP contribution is -2.32. The van der Waals surface area contributed by atoms with Gasteiger partial charge in [0.25, 0.3) is 0 Å². The normalized spacial score (nSPS) is 16.2. The van der Waals surface area contributed by atoms with E-state index in [0.29, 0.717) is 31.1 Å². The van der Waals surface area contributed by atoms with Crippen LogP contribution in [0.4, 0.5) is 0 Å². The van der Waals surface area contributed by atoms with Crippen molar-refractivity contribution in [1.29, 1.82) is 0 Å². The summed E-state index contributed by atoms with van der Waals surface area (Å²) in [4.78, 5) is 13.1. The van der Waals surface area contributed by atoms with E-state index in [2.05, 4.69) is 5.32 Å². The second-order valence-electron chi connectivity index (χ2n) is 8.73. The molecule has 182 valence electrons. The molecule has 1 N–H and O–H groups in total. The maximum atomic E-state index is 13.2. The number of ether oxygens (including phenoxy) is 1. The predicted molar refractivity (Wildman–Crippen MR) is 133 cm³/mol. The monoisotopic (exact) mass is 483 g/mol. The minimum atomic E-state index is -3.51. The number of amides is 1. The second-order valence-corrected chi connectivity index (χ2v) is 10.7. The standard InChI is InChI=1S/C26H33N3O4S/c1-3-33-23-10-8-21(9-11-23)19-27-26(30)20(2)29-17-14-22-18-24(12-13-25(22)29)34(31,32)28-15-6-4-5-7-16-28/h8-14,17-18,20H,3-7,15-16,19H2,1-2H3,(H,27,30). The van der Waals surface area contributed by atoms with Crippen LogP contribution in [0.15, 0.2) is 59.6 Å². The van der Waals surface area contributed by atoms with Crippen LogP contribution in [-0.4, -0.2) is 42.9 Å². The zero-order chi connectivity index (χ0) is 24.1. The van der Waals surface area contributed by atoms with Gasteiger partial charge >= 0.3 is 0 Å². The van der Waals surface area contributed by atoms with E-state index in [1.807, 2.05) is 54.9 Å². The third-order valence-corrected chi connectivity index (χ3v) is 8.29. The van der Waals surface area contributed by atoms with Crippen LogP contribution in [0.2, 0.25) is 0 Å². The molecule has 2 aromatic carbocycles. The molecule has 0 spiro atoms. The minimum absolute atomic E-state index is 0.104. The fraction of sp³-hybridized carbons (Fsp3) is 0.423. The van der Waals surface area contributed by atoms with Gasteiger partial charge in [0.2, 0.25) is 15.9 Å². The number of carbonyl (C=O) groups is 1. The second kappa shape index (κ2) is 10.6. The number of nitrogens with zero attached hydrogens (tertiary/aromatic N) is 2. The van der Waals surface area contributed by atoms with Gasteiger partial charge in [0.05, 0.1) is 11.5 Å². The van der Waals surface area contributed by atoms with Gasteiger partial charge in [0, 0.05) is 36.7 Å². The van der Waals surface area contributed by atoms with E-state index >= 15 is 0 Å². The molecule has 34 heavy (non-hydrogen) atoms. The molecular formula is C26H33N3O4S. The minimum Gasteiger partial charge on any atom is -0.494 e. The Hall–Kier alpha value is -2.84. The lowest BCUT2D eigenvalue weighted by molar-refractivity contribution is -0.123. The molecule has 1 fully saturated rings. The van der Waals surface area contributed by atoms with Crippen molar-refractivity contribution in [1.82, 2.24) is 14.2 Å². The first-order valence-electron chi connectivity index (χ1n) is 12.0. The number of fused-ring (bicyclic) bond motifs is 1. The summed E-state index contributed by atoms with van der Waals surface area (Å²) in [5.74, 6) is 0.703. The Balaban J connectivity index is 1.46. The summed E-state index contributed by atoms with van der Waals surface area (Å²) in [7, 11) is -3.51. The molecule has 1 aliphatic rings. The molecular weight excluding hydrogens is 450 g/mol. The number of sulfonamides is 1. The summed E-state index contributed by atoms with van der Waals surface area (Å²) in [5.41, 5.74) is 1.82. The Morgan fingerprint density at radius 3 is 2.41 bits per heavy atom. The van der Waals surface area contributed by atoms with Crippen LogP contribution >= 0.6 is 0 Å². The number of benzene rings is 2. The molecule has 4 rings (SSSR count). The smallest absolute Gasteiger partial charge is 0.243 e. The zero-order valence-electron chi connectivity index (χ0n) is 19.9. The van der Waals surface area contributed by atoms with Gasteiger partial charge in [0.1, 0.15) is 11.8 Å². The van der Waals surface area contributed by atoms with Gasteiger partial charge in [-0.3, -0.25) is 4.79 Å². The van der Waals surface area contributed by atoms with Crippen LogP contribution in [0.3, 0.4) is 0 Å². The van der Waals surface area contributed by atoms with Crippen LogP contribution in [0.5, 0.6) is 5.75 Å². The first-order chi connectivity index (χ1) is 16.4. The molecule has 1 atom stereocenters. The Kier molecular flexibility index (Phi) is 7.58. The van der Waals surface area contributed by atoms with E-state index in [1.165, 1.54) is 0 Å². The molecule has 1 aliphatic heterocycles. The predicted octanol–water partition coefficient (Wildman–Crippen LogP) is 4.48. The summed E-state index contributed by atoms with van der Waals surface area (Å²) >= 11 is 0. The van der Waals surface area contributed by atoms with Gasteiger partial charge in [-0.15, -0.1) is 0 Å². The summed E-state index contributed by atoms with van der Waals surface area (Å²) in [5, 5.41) is 3.79. The lowest BCUT2D eigenvalue weighted by atomic mass is 10.2. The first kappa shape index (κ1) is 24.3. The molecule has 0 saturated carbocycles. The molecule has 3 aromatic rings. The third kappa shape index (κ3) is 5.28. The number of rotatable bonds is 8. The van der Waals surface area contributed by atoms with E-state index < -0.39 is 16.1 Å². The van der Waals surface area contributed by atoms with Gasteiger partial charge in [-0.05, 0) is 68.7 Å². The van der Waals surface area contributed by atoms with Crippen molar-refractivity contribution in [2.24, 2.45) is 0 Å². The largest absolute Gasteiger partial charge is 0.494 e. The van der Waals surface area contributed by atoms with Gasteiger partial charge in [-0.2, -0.15) is 4.31 Å². The lowest BCUT2D eigenvalue weighted by Gasteiger charge is -2.20. The van der Waals surface area contributed by atoms with E-state index in [4.69, 9.17) is 4.74 Å². The average Bonchev–Trinajstić information content (AvgIpc) is 3.06. The van der Waals surface area contributed by atoms with Crippen LogP contribution in [-0.2, 0) is 21.4 Å². The van der Waals surface area contributed by atoms with Crippen LogP contribution in [0.25, 0.3) is 10.9 Å². The highest BCUT2D eigenvalue weighted by Crippen LogP contribution is 2.26. The SMILES string of the molecule is CCOc1ccc(CNC(=O)C(C)n2ccc3cc(S(=O)(=O)N4CCCCCC4)ccc32)cc1. The summed E-state index contributed by atoms with van der Waals surface area (Å²) in [6, 6.07) is 14.3. The van der Waals surface area contributed by atoms with E-state index in [-0.39, 0.29) is 5.91 Å². The molecule has 0 radical (unpaired) electrons. The highest BCUT2D eigenvalue weighted by molar-refractivity contribution is 7.89. The fourth-order valence-electron chi connectivity index (χ4n) is 4.40. The molecule has 1 unspecified atom stereocenters. The fourth-order valence-corrected chi connectivity index (χ4v) is 5.96. The van der Waals surface area contributed by atoms with E-state index in [0.717, 1.165) is 47.9 Å². The van der Waals surface area contributed by atoms with Crippen molar-refractivity contribution >= 4 is 26.8 Å². The Morgan fingerprint density at radius 2 is 1.74 bits per heavy atom. The average molecular weight is 484 g/mol. The maximum Gasteiger partial charge on any atom is 0.243 e.